The van der Waals surface area contributed by atoms with Crippen LogP contribution in [-0.2, 0) is 9.53 Å². The van der Waals surface area contributed by atoms with E-state index in [1.807, 2.05) is 18.7 Å². The first-order chi connectivity index (χ1) is 9.60. The molecule has 116 valence electrons. The maximum Gasteiger partial charge on any atom is 0.251 e. The monoisotopic (exact) mass is 284 g/mol. The lowest BCUT2D eigenvalue weighted by Gasteiger charge is -2.36. The minimum absolute atomic E-state index is 0.112. The van der Waals surface area contributed by atoms with Crippen molar-refractivity contribution in [1.82, 2.24) is 9.80 Å². The second-order valence-corrected chi connectivity index (χ2v) is 6.11. The Balaban J connectivity index is 1.67. The van der Waals surface area contributed by atoms with Crippen LogP contribution >= 0.6 is 0 Å². The molecule has 20 heavy (non-hydrogen) atoms. The van der Waals surface area contributed by atoms with Gasteiger partial charge in [-0.05, 0) is 32.1 Å². The number of hydrogen-bond donors (Lipinski definition) is 1. The molecule has 0 unspecified atom stereocenters. The van der Waals surface area contributed by atoms with E-state index < -0.39 is 0 Å². The zero-order valence-corrected chi connectivity index (χ0v) is 12.8. The number of carbonyl (C=O) groups is 1. The summed E-state index contributed by atoms with van der Waals surface area (Å²) in [6.45, 7) is 8.47. The highest BCUT2D eigenvalue weighted by Gasteiger charge is 2.28. The van der Waals surface area contributed by atoms with Gasteiger partial charge in [0.2, 0.25) is 0 Å². The molecule has 0 aromatic heterocycles. The van der Waals surface area contributed by atoms with E-state index >= 15 is 0 Å². The molecular formula is C15H28N2O3. The van der Waals surface area contributed by atoms with Gasteiger partial charge in [0, 0.05) is 32.7 Å². The van der Waals surface area contributed by atoms with Crippen LogP contribution < -0.4 is 0 Å². The van der Waals surface area contributed by atoms with E-state index in [0.717, 1.165) is 39.2 Å². The number of piperazine rings is 1. The van der Waals surface area contributed by atoms with Crippen molar-refractivity contribution in [1.29, 1.82) is 0 Å². The van der Waals surface area contributed by atoms with E-state index in [4.69, 9.17) is 4.74 Å². The van der Waals surface area contributed by atoms with Crippen molar-refractivity contribution in [3.8, 4) is 0 Å². The smallest absolute Gasteiger partial charge is 0.251 e. The van der Waals surface area contributed by atoms with Crippen molar-refractivity contribution in [2.75, 3.05) is 39.3 Å². The van der Waals surface area contributed by atoms with Gasteiger partial charge in [0.1, 0.15) is 6.10 Å². The quantitative estimate of drug-likeness (QED) is 0.748. The van der Waals surface area contributed by atoms with Gasteiger partial charge in [0.25, 0.3) is 5.91 Å². The fourth-order valence-corrected chi connectivity index (χ4v) is 2.47. The summed E-state index contributed by atoms with van der Waals surface area (Å²) < 4.78 is 5.64. The first-order valence-corrected chi connectivity index (χ1v) is 7.91. The summed E-state index contributed by atoms with van der Waals surface area (Å²) >= 11 is 0. The van der Waals surface area contributed by atoms with E-state index in [0.29, 0.717) is 12.5 Å². The normalized spacial score (nSPS) is 23.6. The predicted molar refractivity (Wildman–Crippen MR) is 77.5 cm³/mol. The van der Waals surface area contributed by atoms with Crippen LogP contribution in [-0.4, -0.2) is 72.4 Å². The summed E-state index contributed by atoms with van der Waals surface area (Å²) in [5, 5.41) is 9.66. The molecule has 1 amide bonds. The number of aliphatic hydroxyl groups excluding tert-OH is 1. The number of rotatable bonds is 7. The molecule has 2 fully saturated rings. The molecule has 2 rings (SSSR count). The van der Waals surface area contributed by atoms with Crippen molar-refractivity contribution in [2.45, 2.75) is 45.3 Å². The Morgan fingerprint density at radius 1 is 1.30 bits per heavy atom. The molecule has 1 N–H and O–H groups in total. The van der Waals surface area contributed by atoms with Gasteiger partial charge in [0.05, 0.1) is 12.7 Å². The van der Waals surface area contributed by atoms with Gasteiger partial charge >= 0.3 is 0 Å². The van der Waals surface area contributed by atoms with Crippen LogP contribution in [0.15, 0.2) is 0 Å². The molecule has 2 aliphatic rings. The molecule has 0 radical (unpaired) electrons. The number of nitrogens with zero attached hydrogens (tertiary/aromatic N) is 2. The molecule has 1 aliphatic carbocycles. The lowest BCUT2D eigenvalue weighted by Crippen LogP contribution is -2.52. The molecule has 2 atom stereocenters. The highest BCUT2D eigenvalue weighted by atomic mass is 16.5. The van der Waals surface area contributed by atoms with Crippen molar-refractivity contribution in [3.63, 3.8) is 0 Å². The molecule has 0 spiro atoms. The van der Waals surface area contributed by atoms with Gasteiger partial charge in [-0.2, -0.15) is 0 Å². The summed E-state index contributed by atoms with van der Waals surface area (Å²) in [4.78, 5) is 16.4. The second kappa shape index (κ2) is 7.38. The molecule has 0 aromatic rings. The maximum absolute atomic E-state index is 12.2. The zero-order valence-electron chi connectivity index (χ0n) is 12.8. The molecule has 1 saturated carbocycles. The molecule has 1 saturated heterocycles. The third-order valence-electron chi connectivity index (χ3n) is 4.25. The number of β-amino-alcohol motifs (C(OH)–C–C–N with tert-alkyl or cyclic N) is 1. The number of hydrogen-bond acceptors (Lipinski definition) is 4. The van der Waals surface area contributed by atoms with E-state index in [-0.39, 0.29) is 18.1 Å². The fraction of sp³-hybridized carbons (Fsp3) is 0.933. The van der Waals surface area contributed by atoms with Gasteiger partial charge in [-0.15, -0.1) is 0 Å². The number of ether oxygens (including phenoxy) is 1. The summed E-state index contributed by atoms with van der Waals surface area (Å²) in [7, 11) is 0. The van der Waals surface area contributed by atoms with Crippen LogP contribution in [0.4, 0.5) is 0 Å². The average Bonchev–Trinajstić information content (AvgIpc) is 3.29. The van der Waals surface area contributed by atoms with Gasteiger partial charge in [0.15, 0.2) is 0 Å². The Kier molecular flexibility index (Phi) is 5.81. The number of aliphatic hydroxyl groups is 1. The van der Waals surface area contributed by atoms with Crippen LogP contribution in [0, 0.1) is 5.92 Å². The highest BCUT2D eigenvalue weighted by Crippen LogP contribution is 2.29. The summed E-state index contributed by atoms with van der Waals surface area (Å²) in [6, 6.07) is 0. The minimum Gasteiger partial charge on any atom is -0.392 e. The highest BCUT2D eigenvalue weighted by molar-refractivity contribution is 5.80. The molecular weight excluding hydrogens is 256 g/mol. The topological polar surface area (TPSA) is 53.0 Å². The Hall–Kier alpha value is -0.650. The maximum atomic E-state index is 12.2. The fourth-order valence-electron chi connectivity index (χ4n) is 2.47. The Labute approximate surface area is 121 Å². The van der Waals surface area contributed by atoms with Gasteiger partial charge in [-0.1, -0.05) is 6.92 Å². The van der Waals surface area contributed by atoms with Crippen molar-refractivity contribution in [2.24, 2.45) is 5.92 Å². The van der Waals surface area contributed by atoms with Crippen LogP contribution in [0.3, 0.4) is 0 Å². The van der Waals surface area contributed by atoms with Gasteiger partial charge in [-0.25, -0.2) is 0 Å². The lowest BCUT2D eigenvalue weighted by molar-refractivity contribution is -0.144. The van der Waals surface area contributed by atoms with Crippen LogP contribution in [0.25, 0.3) is 0 Å². The second-order valence-electron chi connectivity index (χ2n) is 6.11. The van der Waals surface area contributed by atoms with Crippen molar-refractivity contribution >= 4 is 5.91 Å². The van der Waals surface area contributed by atoms with Crippen LogP contribution in [0.2, 0.25) is 0 Å². The Morgan fingerprint density at radius 3 is 2.50 bits per heavy atom. The Morgan fingerprint density at radius 2 is 1.95 bits per heavy atom. The third kappa shape index (κ3) is 4.72. The van der Waals surface area contributed by atoms with Crippen LogP contribution in [0.5, 0.6) is 0 Å². The summed E-state index contributed by atoms with van der Waals surface area (Å²) in [5.74, 6) is 0.805. The van der Waals surface area contributed by atoms with Gasteiger partial charge in [-0.3, -0.25) is 9.69 Å². The molecule has 5 nitrogen and oxygen atoms in total. The zero-order chi connectivity index (χ0) is 14.5. The predicted octanol–water partition coefficient (Wildman–Crippen LogP) is 0.717. The van der Waals surface area contributed by atoms with Crippen molar-refractivity contribution < 1.29 is 14.6 Å². The van der Waals surface area contributed by atoms with E-state index in [2.05, 4.69) is 4.90 Å². The van der Waals surface area contributed by atoms with Crippen LogP contribution in [0.1, 0.15) is 33.1 Å². The third-order valence-corrected chi connectivity index (χ3v) is 4.25. The lowest BCUT2D eigenvalue weighted by atomic mass is 10.2. The first-order valence-electron chi connectivity index (χ1n) is 7.91. The van der Waals surface area contributed by atoms with Gasteiger partial charge < -0.3 is 14.7 Å². The number of amides is 1. The van der Waals surface area contributed by atoms with Crippen molar-refractivity contribution in [3.05, 3.63) is 0 Å². The standard InChI is InChI=1S/C15H28N2O3/c1-3-14(18)10-16-6-8-17(9-7-16)15(19)12(2)20-11-13-4-5-13/h12-14,18H,3-11H2,1-2H3/t12-,14+/m1/s1. The molecule has 0 aromatic carbocycles. The SMILES string of the molecule is CC[C@H](O)CN1CCN(C(=O)[C@@H](C)OCC2CC2)CC1. The molecule has 5 heteroatoms. The molecule has 1 aliphatic heterocycles. The van der Waals surface area contributed by atoms with E-state index in [9.17, 15) is 9.90 Å². The van der Waals surface area contributed by atoms with E-state index in [1.165, 1.54) is 12.8 Å². The largest absolute Gasteiger partial charge is 0.392 e. The molecule has 1 heterocycles. The summed E-state index contributed by atoms with van der Waals surface area (Å²) in [6.07, 6.45) is 2.71. The average molecular weight is 284 g/mol. The number of carbonyl (C=O) groups excluding carboxylic acids is 1. The minimum atomic E-state index is -0.316. The van der Waals surface area contributed by atoms with E-state index in [1.54, 1.807) is 0 Å². The molecule has 0 bridgehead atoms. The Bertz CT molecular complexity index is 312. The first kappa shape index (κ1) is 15.7. The summed E-state index contributed by atoms with van der Waals surface area (Å²) in [5.41, 5.74) is 0.